The third-order valence-electron chi connectivity index (χ3n) is 6.46. The van der Waals surface area contributed by atoms with Crippen molar-refractivity contribution in [3.63, 3.8) is 0 Å². The van der Waals surface area contributed by atoms with Crippen LogP contribution < -0.4 is 26.1 Å². The Balaban J connectivity index is 1.70. The van der Waals surface area contributed by atoms with Crippen LogP contribution in [0, 0.1) is 12.8 Å². The molecular weight excluding hydrogens is 420 g/mol. The summed E-state index contributed by atoms with van der Waals surface area (Å²) in [6.45, 7) is 5.75. The summed E-state index contributed by atoms with van der Waals surface area (Å²) in [6.07, 6.45) is 2.10. The SMILES string of the molecule is Cc1ccccc1OCC(=O)Nc1cc2c(cc1N1CCC(C)CC1)n(C)c(=O)c(=O)n2C. The highest BCUT2D eigenvalue weighted by Gasteiger charge is 2.22. The molecule has 1 amide bonds. The van der Waals surface area contributed by atoms with Crippen LogP contribution in [-0.2, 0) is 18.9 Å². The standard InChI is InChI=1S/C25H30N4O4/c1-16-9-11-29(12-10-16)19-14-21-20(27(3)24(31)25(32)28(21)4)13-18(19)26-23(30)15-33-22-8-6-5-7-17(22)2/h5-8,13-14,16H,9-12,15H2,1-4H3,(H,26,30). The zero-order valence-electron chi connectivity index (χ0n) is 19.6. The van der Waals surface area contributed by atoms with Crippen LogP contribution in [0.1, 0.15) is 25.3 Å². The molecule has 1 N–H and O–H groups in total. The minimum atomic E-state index is -0.607. The summed E-state index contributed by atoms with van der Waals surface area (Å²) in [7, 11) is 3.17. The maximum absolute atomic E-state index is 12.8. The number of carbonyl (C=O) groups excluding carboxylic acids is 1. The van der Waals surface area contributed by atoms with Gasteiger partial charge in [-0.25, -0.2) is 0 Å². The summed E-state index contributed by atoms with van der Waals surface area (Å²) < 4.78 is 8.42. The van der Waals surface area contributed by atoms with Gasteiger partial charge in [-0.3, -0.25) is 14.4 Å². The molecule has 3 aromatic rings. The van der Waals surface area contributed by atoms with Crippen molar-refractivity contribution in [1.29, 1.82) is 0 Å². The van der Waals surface area contributed by atoms with Crippen molar-refractivity contribution in [1.82, 2.24) is 9.13 Å². The molecule has 8 heteroatoms. The Bertz CT molecular complexity index is 1320. The largest absolute Gasteiger partial charge is 0.483 e. The fourth-order valence-corrected chi connectivity index (χ4v) is 4.27. The first kappa shape index (κ1) is 22.6. The van der Waals surface area contributed by atoms with Gasteiger partial charge >= 0.3 is 11.1 Å². The molecule has 2 aromatic carbocycles. The number of aromatic nitrogens is 2. The van der Waals surface area contributed by atoms with E-state index in [2.05, 4.69) is 17.1 Å². The minimum absolute atomic E-state index is 0.133. The van der Waals surface area contributed by atoms with Gasteiger partial charge in [0.2, 0.25) is 0 Å². The number of rotatable bonds is 5. The first-order valence-electron chi connectivity index (χ1n) is 11.2. The van der Waals surface area contributed by atoms with Crippen LogP contribution in [0.3, 0.4) is 0 Å². The lowest BCUT2D eigenvalue weighted by molar-refractivity contribution is -0.118. The number of carbonyl (C=O) groups is 1. The lowest BCUT2D eigenvalue weighted by Gasteiger charge is -2.33. The highest BCUT2D eigenvalue weighted by Crippen LogP contribution is 2.33. The Morgan fingerprint density at radius 1 is 1.03 bits per heavy atom. The quantitative estimate of drug-likeness (QED) is 0.604. The number of hydrogen-bond donors (Lipinski definition) is 1. The number of fused-ring (bicyclic) bond motifs is 1. The number of piperidine rings is 1. The number of ether oxygens (including phenoxy) is 1. The normalized spacial score (nSPS) is 14.5. The van der Waals surface area contributed by atoms with Gasteiger partial charge < -0.3 is 24.1 Å². The molecule has 174 valence electrons. The molecule has 0 bridgehead atoms. The van der Waals surface area contributed by atoms with E-state index in [1.165, 1.54) is 9.13 Å². The number of benzene rings is 2. The Labute approximate surface area is 192 Å². The van der Waals surface area contributed by atoms with Crippen LogP contribution in [-0.4, -0.2) is 34.7 Å². The Hall–Kier alpha value is -3.55. The van der Waals surface area contributed by atoms with Gasteiger partial charge in [0.1, 0.15) is 5.75 Å². The zero-order chi connectivity index (χ0) is 23.7. The molecule has 1 fully saturated rings. The highest BCUT2D eigenvalue weighted by atomic mass is 16.5. The van der Waals surface area contributed by atoms with Crippen LogP contribution in [0.5, 0.6) is 5.75 Å². The first-order valence-corrected chi connectivity index (χ1v) is 11.2. The van der Waals surface area contributed by atoms with Crippen molar-refractivity contribution in [2.24, 2.45) is 20.0 Å². The lowest BCUT2D eigenvalue weighted by atomic mass is 9.98. The van der Waals surface area contributed by atoms with E-state index < -0.39 is 11.1 Å². The van der Waals surface area contributed by atoms with Crippen LogP contribution in [0.15, 0.2) is 46.0 Å². The molecule has 0 aliphatic carbocycles. The summed E-state index contributed by atoms with van der Waals surface area (Å²) in [5.41, 5.74) is 2.43. The minimum Gasteiger partial charge on any atom is -0.483 e. The van der Waals surface area contributed by atoms with Crippen LogP contribution in [0.2, 0.25) is 0 Å². The average molecular weight is 451 g/mol. The van der Waals surface area contributed by atoms with Gasteiger partial charge in [0, 0.05) is 27.2 Å². The van der Waals surface area contributed by atoms with Gasteiger partial charge in [0.25, 0.3) is 5.91 Å². The van der Waals surface area contributed by atoms with E-state index >= 15 is 0 Å². The highest BCUT2D eigenvalue weighted by molar-refractivity contribution is 5.99. The van der Waals surface area contributed by atoms with E-state index in [0.29, 0.717) is 28.4 Å². The second-order valence-electron chi connectivity index (χ2n) is 8.86. The average Bonchev–Trinajstić information content (AvgIpc) is 2.81. The molecule has 33 heavy (non-hydrogen) atoms. The molecule has 2 heterocycles. The maximum atomic E-state index is 12.8. The monoisotopic (exact) mass is 450 g/mol. The van der Waals surface area contributed by atoms with E-state index in [1.807, 2.05) is 37.3 Å². The molecular formula is C25H30N4O4. The van der Waals surface area contributed by atoms with Crippen LogP contribution in [0.4, 0.5) is 11.4 Å². The number of aryl methyl sites for hydroxylation is 3. The van der Waals surface area contributed by atoms with Crippen molar-refractivity contribution in [2.75, 3.05) is 29.9 Å². The third-order valence-corrected chi connectivity index (χ3v) is 6.46. The van der Waals surface area contributed by atoms with Crippen molar-refractivity contribution < 1.29 is 9.53 Å². The molecule has 0 radical (unpaired) electrons. The maximum Gasteiger partial charge on any atom is 0.316 e. The number of anilines is 2. The second-order valence-corrected chi connectivity index (χ2v) is 8.86. The van der Waals surface area contributed by atoms with Crippen molar-refractivity contribution >= 4 is 28.3 Å². The molecule has 0 saturated carbocycles. The number of para-hydroxylation sites is 1. The number of amides is 1. The van der Waals surface area contributed by atoms with Gasteiger partial charge in [-0.05, 0) is 49.4 Å². The van der Waals surface area contributed by atoms with E-state index in [4.69, 9.17) is 4.74 Å². The number of nitrogens with zero attached hydrogens (tertiary/aromatic N) is 3. The predicted molar refractivity (Wildman–Crippen MR) is 130 cm³/mol. The van der Waals surface area contributed by atoms with Gasteiger partial charge in [-0.1, -0.05) is 25.1 Å². The molecule has 0 unspecified atom stereocenters. The van der Waals surface area contributed by atoms with E-state index in [-0.39, 0.29) is 12.5 Å². The summed E-state index contributed by atoms with van der Waals surface area (Å²) in [4.78, 5) is 39.8. The van der Waals surface area contributed by atoms with Gasteiger partial charge in [-0.2, -0.15) is 0 Å². The molecule has 1 saturated heterocycles. The predicted octanol–water partition coefficient (Wildman–Crippen LogP) is 2.80. The Morgan fingerprint density at radius 3 is 2.27 bits per heavy atom. The molecule has 4 rings (SSSR count). The first-order chi connectivity index (χ1) is 15.8. The summed E-state index contributed by atoms with van der Waals surface area (Å²) >= 11 is 0. The van der Waals surface area contributed by atoms with Gasteiger partial charge in [0.05, 0.1) is 22.4 Å². The lowest BCUT2D eigenvalue weighted by Crippen LogP contribution is -2.39. The van der Waals surface area contributed by atoms with E-state index in [1.54, 1.807) is 20.2 Å². The van der Waals surface area contributed by atoms with Crippen molar-refractivity contribution in [3.05, 3.63) is 62.7 Å². The van der Waals surface area contributed by atoms with E-state index in [9.17, 15) is 14.4 Å². The molecule has 1 aromatic heterocycles. The molecule has 0 spiro atoms. The van der Waals surface area contributed by atoms with Crippen molar-refractivity contribution in [2.45, 2.75) is 26.7 Å². The molecule has 1 aliphatic rings. The van der Waals surface area contributed by atoms with Crippen LogP contribution >= 0.6 is 0 Å². The molecule has 8 nitrogen and oxygen atoms in total. The van der Waals surface area contributed by atoms with Crippen molar-refractivity contribution in [3.8, 4) is 5.75 Å². The number of hydrogen-bond acceptors (Lipinski definition) is 5. The summed E-state index contributed by atoms with van der Waals surface area (Å²) in [5.74, 6) is 1.01. The number of nitrogens with one attached hydrogen (secondary N) is 1. The third kappa shape index (κ3) is 4.51. The fourth-order valence-electron chi connectivity index (χ4n) is 4.27. The van der Waals surface area contributed by atoms with Gasteiger partial charge in [0.15, 0.2) is 6.61 Å². The fraction of sp³-hybridized carbons (Fsp3) is 0.400. The Kier molecular flexibility index (Phi) is 6.26. The van der Waals surface area contributed by atoms with Crippen LogP contribution in [0.25, 0.3) is 11.0 Å². The molecule has 1 aliphatic heterocycles. The van der Waals surface area contributed by atoms with Gasteiger partial charge in [-0.15, -0.1) is 0 Å². The zero-order valence-corrected chi connectivity index (χ0v) is 19.6. The second kappa shape index (κ2) is 9.13. The Morgan fingerprint density at radius 2 is 1.64 bits per heavy atom. The smallest absolute Gasteiger partial charge is 0.316 e. The summed E-state index contributed by atoms with van der Waals surface area (Å²) in [5, 5.41) is 2.97. The molecule has 0 atom stereocenters. The van der Waals surface area contributed by atoms with E-state index in [0.717, 1.165) is 37.2 Å². The summed E-state index contributed by atoms with van der Waals surface area (Å²) in [6, 6.07) is 11.2. The topological polar surface area (TPSA) is 85.6 Å².